The molecule has 1 aliphatic carbocycles. The molecule has 0 bridgehead atoms. The van der Waals surface area contributed by atoms with Crippen LogP contribution in [0.15, 0.2) is 24.3 Å². The summed E-state index contributed by atoms with van der Waals surface area (Å²) >= 11 is 0. The van der Waals surface area contributed by atoms with Crippen molar-refractivity contribution in [3.05, 3.63) is 39.9 Å². The first kappa shape index (κ1) is 19.4. The molecule has 26 heavy (non-hydrogen) atoms. The number of non-ortho nitro benzene ring substituents is 1. The number of carboxylic acids is 1. The maximum Gasteiger partial charge on any atom is 0.306 e. The van der Waals surface area contributed by atoms with E-state index in [4.69, 9.17) is 5.11 Å². The van der Waals surface area contributed by atoms with E-state index in [1.54, 1.807) is 0 Å². The molecule has 0 aliphatic heterocycles. The molecular formula is C17H21N3O6. The monoisotopic (exact) mass is 363 g/mol. The Morgan fingerprint density at radius 1 is 1.12 bits per heavy atom. The molecule has 1 saturated carbocycles. The van der Waals surface area contributed by atoms with Crippen LogP contribution in [-0.2, 0) is 9.59 Å². The molecule has 0 unspecified atom stereocenters. The Morgan fingerprint density at radius 2 is 1.73 bits per heavy atom. The lowest BCUT2D eigenvalue weighted by Crippen LogP contribution is -2.40. The third kappa shape index (κ3) is 5.54. The lowest BCUT2D eigenvalue weighted by molar-refractivity contribution is -0.384. The number of carbonyl (C=O) groups excluding carboxylic acids is 2. The van der Waals surface area contributed by atoms with E-state index in [9.17, 15) is 24.5 Å². The molecule has 9 heteroatoms. The molecule has 1 aliphatic rings. The van der Waals surface area contributed by atoms with Crippen LogP contribution < -0.4 is 10.6 Å². The first-order valence-electron chi connectivity index (χ1n) is 8.41. The number of carboxylic acid groups (broad SMARTS) is 1. The standard InChI is InChI=1S/C17H21N3O6/c21-15(19-13-5-1-12(2-6-13)17(23)24)9-10-18-16(22)11-3-7-14(8-4-11)20(25)26/h3-4,7-8,12-13H,1-2,5-6,9-10H2,(H,18,22)(H,19,21)(H,23,24). The Bertz CT molecular complexity index is 680. The van der Waals surface area contributed by atoms with Gasteiger partial charge in [0.25, 0.3) is 11.6 Å². The average Bonchev–Trinajstić information content (AvgIpc) is 2.62. The van der Waals surface area contributed by atoms with Crippen molar-refractivity contribution in [3.63, 3.8) is 0 Å². The van der Waals surface area contributed by atoms with Gasteiger partial charge in [-0.2, -0.15) is 0 Å². The summed E-state index contributed by atoms with van der Waals surface area (Å²) in [6, 6.07) is 5.18. The fourth-order valence-corrected chi connectivity index (χ4v) is 2.91. The van der Waals surface area contributed by atoms with Gasteiger partial charge in [0, 0.05) is 36.7 Å². The van der Waals surface area contributed by atoms with Crippen molar-refractivity contribution in [2.24, 2.45) is 5.92 Å². The molecule has 9 nitrogen and oxygen atoms in total. The van der Waals surface area contributed by atoms with Crippen LogP contribution in [-0.4, -0.2) is 40.4 Å². The molecule has 3 N–H and O–H groups in total. The number of benzene rings is 1. The van der Waals surface area contributed by atoms with Gasteiger partial charge in [0.2, 0.25) is 5.91 Å². The second-order valence-corrected chi connectivity index (χ2v) is 6.26. The summed E-state index contributed by atoms with van der Waals surface area (Å²) < 4.78 is 0. The molecule has 0 aromatic heterocycles. The van der Waals surface area contributed by atoms with Crippen molar-refractivity contribution in [2.75, 3.05) is 6.54 Å². The van der Waals surface area contributed by atoms with Crippen molar-refractivity contribution >= 4 is 23.5 Å². The van der Waals surface area contributed by atoms with E-state index in [2.05, 4.69) is 10.6 Å². The van der Waals surface area contributed by atoms with E-state index in [1.165, 1.54) is 24.3 Å². The molecule has 0 heterocycles. The highest BCUT2D eigenvalue weighted by molar-refractivity contribution is 5.94. The zero-order valence-electron chi connectivity index (χ0n) is 14.1. The molecule has 2 rings (SSSR count). The quantitative estimate of drug-likeness (QED) is 0.495. The number of nitrogens with one attached hydrogen (secondary N) is 2. The van der Waals surface area contributed by atoms with Gasteiger partial charge in [-0.3, -0.25) is 24.5 Å². The summed E-state index contributed by atoms with van der Waals surface area (Å²) in [6.45, 7) is 0.145. The predicted molar refractivity (Wildman–Crippen MR) is 91.6 cm³/mol. The van der Waals surface area contributed by atoms with Gasteiger partial charge in [-0.15, -0.1) is 0 Å². The number of aliphatic carboxylic acids is 1. The van der Waals surface area contributed by atoms with Crippen LogP contribution in [0.3, 0.4) is 0 Å². The highest BCUT2D eigenvalue weighted by Crippen LogP contribution is 2.24. The molecule has 1 fully saturated rings. The van der Waals surface area contributed by atoms with E-state index >= 15 is 0 Å². The Hall–Kier alpha value is -2.97. The van der Waals surface area contributed by atoms with E-state index < -0.39 is 16.8 Å². The summed E-state index contributed by atoms with van der Waals surface area (Å²) in [5.41, 5.74) is 0.182. The first-order valence-corrected chi connectivity index (χ1v) is 8.41. The van der Waals surface area contributed by atoms with E-state index in [-0.39, 0.29) is 42.1 Å². The minimum Gasteiger partial charge on any atom is -0.481 e. The highest BCUT2D eigenvalue weighted by Gasteiger charge is 2.26. The number of amides is 2. The number of nitro groups is 1. The lowest BCUT2D eigenvalue weighted by atomic mass is 9.86. The highest BCUT2D eigenvalue weighted by atomic mass is 16.6. The Morgan fingerprint density at radius 3 is 2.27 bits per heavy atom. The van der Waals surface area contributed by atoms with Gasteiger partial charge in [0.1, 0.15) is 0 Å². The van der Waals surface area contributed by atoms with E-state index in [0.29, 0.717) is 25.7 Å². The van der Waals surface area contributed by atoms with Crippen LogP contribution >= 0.6 is 0 Å². The van der Waals surface area contributed by atoms with Crippen molar-refractivity contribution < 1.29 is 24.4 Å². The summed E-state index contributed by atoms with van der Waals surface area (Å²) in [7, 11) is 0. The largest absolute Gasteiger partial charge is 0.481 e. The third-order valence-electron chi connectivity index (χ3n) is 4.42. The van der Waals surface area contributed by atoms with Gasteiger partial charge < -0.3 is 15.7 Å². The lowest BCUT2D eigenvalue weighted by Gasteiger charge is -2.26. The molecule has 0 saturated heterocycles. The van der Waals surface area contributed by atoms with Gasteiger partial charge >= 0.3 is 5.97 Å². The van der Waals surface area contributed by atoms with Crippen LogP contribution in [0.4, 0.5) is 5.69 Å². The second kappa shape index (κ2) is 8.93. The number of carbonyl (C=O) groups is 3. The average molecular weight is 363 g/mol. The summed E-state index contributed by atoms with van der Waals surface area (Å²) in [6.07, 6.45) is 2.49. The minimum absolute atomic E-state index is 0.0246. The van der Waals surface area contributed by atoms with E-state index in [0.717, 1.165) is 0 Å². The van der Waals surface area contributed by atoms with Crippen LogP contribution in [0.5, 0.6) is 0 Å². The number of hydrogen-bond donors (Lipinski definition) is 3. The van der Waals surface area contributed by atoms with Gasteiger partial charge in [-0.25, -0.2) is 0 Å². The van der Waals surface area contributed by atoms with Gasteiger partial charge in [-0.05, 0) is 37.8 Å². The number of hydrogen-bond acceptors (Lipinski definition) is 5. The predicted octanol–water partition coefficient (Wildman–Crippen LogP) is 1.47. The number of nitrogens with zero attached hydrogens (tertiary/aromatic N) is 1. The molecule has 0 atom stereocenters. The van der Waals surface area contributed by atoms with Gasteiger partial charge in [-0.1, -0.05) is 0 Å². The Labute approximate surface area is 149 Å². The smallest absolute Gasteiger partial charge is 0.306 e. The molecule has 2 amide bonds. The molecule has 0 spiro atoms. The molecule has 140 valence electrons. The molecular weight excluding hydrogens is 342 g/mol. The SMILES string of the molecule is O=C(CCNC(=O)c1ccc([N+](=O)[O-])cc1)NC1CCC(C(=O)O)CC1. The normalized spacial score (nSPS) is 19.4. The van der Waals surface area contributed by atoms with Crippen molar-refractivity contribution in [1.82, 2.24) is 10.6 Å². The summed E-state index contributed by atoms with van der Waals surface area (Å²) in [5.74, 6) is -1.73. The van der Waals surface area contributed by atoms with Crippen LogP contribution in [0.1, 0.15) is 42.5 Å². The molecule has 1 aromatic carbocycles. The van der Waals surface area contributed by atoms with Crippen LogP contribution in [0.25, 0.3) is 0 Å². The number of nitro benzene ring substituents is 1. The maximum absolute atomic E-state index is 11.9. The van der Waals surface area contributed by atoms with Crippen LogP contribution in [0, 0.1) is 16.0 Å². The van der Waals surface area contributed by atoms with Crippen molar-refractivity contribution in [1.29, 1.82) is 0 Å². The zero-order valence-corrected chi connectivity index (χ0v) is 14.1. The van der Waals surface area contributed by atoms with Gasteiger partial charge in [0.15, 0.2) is 0 Å². The van der Waals surface area contributed by atoms with E-state index in [1.807, 2.05) is 0 Å². The fraction of sp³-hybridized carbons (Fsp3) is 0.471. The van der Waals surface area contributed by atoms with Crippen LogP contribution in [0.2, 0.25) is 0 Å². The van der Waals surface area contributed by atoms with Crippen molar-refractivity contribution in [3.8, 4) is 0 Å². The zero-order chi connectivity index (χ0) is 19.1. The number of rotatable bonds is 7. The Balaban J connectivity index is 1.69. The first-order chi connectivity index (χ1) is 12.4. The minimum atomic E-state index is -0.788. The third-order valence-corrected chi connectivity index (χ3v) is 4.42. The summed E-state index contributed by atoms with van der Waals surface area (Å²) in [5, 5.41) is 25.0. The maximum atomic E-state index is 11.9. The molecule has 0 radical (unpaired) electrons. The Kier molecular flexibility index (Phi) is 6.65. The molecule has 1 aromatic rings. The second-order valence-electron chi connectivity index (χ2n) is 6.26. The topological polar surface area (TPSA) is 139 Å². The van der Waals surface area contributed by atoms with Gasteiger partial charge in [0.05, 0.1) is 10.8 Å². The fourth-order valence-electron chi connectivity index (χ4n) is 2.91. The summed E-state index contributed by atoms with van der Waals surface area (Å²) in [4.78, 5) is 44.8. The van der Waals surface area contributed by atoms with Crippen molar-refractivity contribution in [2.45, 2.75) is 38.1 Å².